The summed E-state index contributed by atoms with van der Waals surface area (Å²) >= 11 is 0. The number of nitro benzene ring substituents is 2. The van der Waals surface area contributed by atoms with Crippen molar-refractivity contribution < 1.29 is 19.4 Å². The summed E-state index contributed by atoms with van der Waals surface area (Å²) < 4.78 is 0. The summed E-state index contributed by atoms with van der Waals surface area (Å²) in [5.74, 6) is -1.37. The molecule has 4 rings (SSSR count). The van der Waals surface area contributed by atoms with Gasteiger partial charge in [-0.15, -0.1) is 0 Å². The Morgan fingerprint density at radius 3 is 1.76 bits per heavy atom. The lowest BCUT2D eigenvalue weighted by atomic mass is 9.91. The largest absolute Gasteiger partial charge is 0.284 e. The Morgan fingerprint density at radius 2 is 1.28 bits per heavy atom. The molecule has 9 nitrogen and oxygen atoms in total. The number of hydrogen-bond donors (Lipinski definition) is 0. The van der Waals surface area contributed by atoms with E-state index in [1.54, 1.807) is 19.1 Å². The molecule has 0 fully saturated rings. The summed E-state index contributed by atoms with van der Waals surface area (Å²) in [7, 11) is 0. The SMILES string of the molecule is Cc1ccc(C)c(N2C(=O)c3ccc([N+](=O)[O-])c4c([N+](=O)[O-])ccc(c34)C2=O)c1. The number of aryl methyl sites for hydroxylation is 2. The Balaban J connectivity index is 2.08. The number of carbonyl (C=O) groups is 2. The summed E-state index contributed by atoms with van der Waals surface area (Å²) in [6.07, 6.45) is 0. The van der Waals surface area contributed by atoms with Gasteiger partial charge in [-0.05, 0) is 43.2 Å². The van der Waals surface area contributed by atoms with Crippen LogP contribution in [0, 0.1) is 34.1 Å². The van der Waals surface area contributed by atoms with Crippen LogP contribution in [0.25, 0.3) is 10.8 Å². The van der Waals surface area contributed by atoms with Gasteiger partial charge in [0.2, 0.25) is 0 Å². The van der Waals surface area contributed by atoms with E-state index in [2.05, 4.69) is 0 Å². The molecule has 0 radical (unpaired) electrons. The molecule has 2 amide bonds. The number of nitrogens with zero attached hydrogens (tertiary/aromatic N) is 3. The maximum atomic E-state index is 13.2. The van der Waals surface area contributed by atoms with Gasteiger partial charge in [-0.2, -0.15) is 0 Å². The predicted molar refractivity (Wildman–Crippen MR) is 104 cm³/mol. The fourth-order valence-electron chi connectivity index (χ4n) is 3.63. The van der Waals surface area contributed by atoms with Crippen LogP contribution >= 0.6 is 0 Å². The minimum atomic E-state index is -0.762. The maximum Gasteiger partial charge on any atom is 0.284 e. The van der Waals surface area contributed by atoms with Crippen molar-refractivity contribution in [2.45, 2.75) is 13.8 Å². The lowest BCUT2D eigenvalue weighted by Crippen LogP contribution is -2.41. The summed E-state index contributed by atoms with van der Waals surface area (Å²) in [4.78, 5) is 48.8. The third kappa shape index (κ3) is 2.55. The van der Waals surface area contributed by atoms with Crippen molar-refractivity contribution in [2.24, 2.45) is 0 Å². The van der Waals surface area contributed by atoms with Crippen LogP contribution in [0.3, 0.4) is 0 Å². The van der Waals surface area contributed by atoms with E-state index in [0.29, 0.717) is 11.3 Å². The molecule has 0 unspecified atom stereocenters. The van der Waals surface area contributed by atoms with Crippen LogP contribution in [0.15, 0.2) is 42.5 Å². The van der Waals surface area contributed by atoms with Crippen molar-refractivity contribution in [3.05, 3.63) is 84.9 Å². The van der Waals surface area contributed by atoms with Crippen LogP contribution in [0.4, 0.5) is 17.1 Å². The standard InChI is InChI=1S/C20H13N3O6/c1-10-3-4-11(2)16(9-10)21-19(24)12-5-7-14(22(26)27)18-15(23(28)29)8-6-13(17(12)18)20(21)25/h3-9H,1-2H3. The Kier molecular flexibility index (Phi) is 3.90. The molecule has 0 spiro atoms. The van der Waals surface area contributed by atoms with Gasteiger partial charge in [0.15, 0.2) is 0 Å². The lowest BCUT2D eigenvalue weighted by Gasteiger charge is -2.28. The fraction of sp³-hybridized carbons (Fsp3) is 0.100. The number of imide groups is 1. The van der Waals surface area contributed by atoms with Crippen LogP contribution in [-0.2, 0) is 0 Å². The third-order valence-corrected chi connectivity index (χ3v) is 4.98. The molecule has 1 aliphatic rings. The number of benzene rings is 3. The van der Waals surface area contributed by atoms with E-state index >= 15 is 0 Å². The molecule has 0 aromatic heterocycles. The van der Waals surface area contributed by atoms with E-state index < -0.39 is 33.0 Å². The number of anilines is 1. The van der Waals surface area contributed by atoms with E-state index in [1.807, 2.05) is 13.0 Å². The first-order chi connectivity index (χ1) is 13.7. The van der Waals surface area contributed by atoms with Crippen molar-refractivity contribution in [3.8, 4) is 0 Å². The van der Waals surface area contributed by atoms with Crippen LogP contribution < -0.4 is 4.90 Å². The molecule has 1 heterocycles. The van der Waals surface area contributed by atoms with Crippen LogP contribution in [0.2, 0.25) is 0 Å². The zero-order valence-electron chi connectivity index (χ0n) is 15.3. The highest BCUT2D eigenvalue weighted by atomic mass is 16.6. The van der Waals surface area contributed by atoms with Crippen LogP contribution in [-0.4, -0.2) is 21.7 Å². The highest BCUT2D eigenvalue weighted by Gasteiger charge is 2.38. The predicted octanol–water partition coefficient (Wildman–Crippen LogP) is 4.07. The number of nitro groups is 2. The van der Waals surface area contributed by atoms with Crippen molar-refractivity contribution in [1.29, 1.82) is 0 Å². The smallest absolute Gasteiger partial charge is 0.268 e. The van der Waals surface area contributed by atoms with Gasteiger partial charge in [-0.25, -0.2) is 4.90 Å². The molecular weight excluding hydrogens is 378 g/mol. The monoisotopic (exact) mass is 391 g/mol. The second-order valence-corrected chi connectivity index (χ2v) is 6.76. The molecular formula is C20H13N3O6. The van der Waals surface area contributed by atoms with Gasteiger partial charge in [0, 0.05) is 28.6 Å². The molecule has 0 saturated heterocycles. The van der Waals surface area contributed by atoms with E-state index in [1.165, 1.54) is 12.1 Å². The molecule has 1 aliphatic heterocycles. The Labute approximate surface area is 163 Å². The molecule has 3 aromatic carbocycles. The summed E-state index contributed by atoms with van der Waals surface area (Å²) in [5, 5.41) is 22.5. The maximum absolute atomic E-state index is 13.2. The molecule has 0 atom stereocenters. The average molecular weight is 391 g/mol. The Hall–Kier alpha value is -4.14. The van der Waals surface area contributed by atoms with E-state index in [4.69, 9.17) is 0 Å². The van der Waals surface area contributed by atoms with Gasteiger partial charge in [0.25, 0.3) is 23.2 Å². The number of rotatable bonds is 3. The fourth-order valence-corrected chi connectivity index (χ4v) is 3.63. The minimum absolute atomic E-state index is 0.00445. The first kappa shape index (κ1) is 18.2. The highest BCUT2D eigenvalue weighted by Crippen LogP contribution is 2.41. The topological polar surface area (TPSA) is 124 Å². The normalized spacial score (nSPS) is 13.1. The molecule has 0 aliphatic carbocycles. The summed E-state index contributed by atoms with van der Waals surface area (Å²) in [6, 6.07) is 9.92. The minimum Gasteiger partial charge on any atom is -0.268 e. The van der Waals surface area contributed by atoms with Crippen LogP contribution in [0.1, 0.15) is 31.8 Å². The van der Waals surface area contributed by atoms with E-state index in [0.717, 1.165) is 22.6 Å². The number of non-ortho nitro benzene ring substituents is 2. The quantitative estimate of drug-likeness (QED) is 0.376. The van der Waals surface area contributed by atoms with E-state index in [9.17, 15) is 29.8 Å². The molecule has 3 aromatic rings. The van der Waals surface area contributed by atoms with Crippen molar-refractivity contribution >= 4 is 39.6 Å². The third-order valence-electron chi connectivity index (χ3n) is 4.98. The van der Waals surface area contributed by atoms with Gasteiger partial charge in [-0.1, -0.05) is 12.1 Å². The van der Waals surface area contributed by atoms with Crippen molar-refractivity contribution in [2.75, 3.05) is 4.90 Å². The first-order valence-electron chi connectivity index (χ1n) is 8.57. The zero-order chi connectivity index (χ0) is 21.0. The first-order valence-corrected chi connectivity index (χ1v) is 8.57. The summed E-state index contributed by atoms with van der Waals surface area (Å²) in [6.45, 7) is 3.58. The van der Waals surface area contributed by atoms with Gasteiger partial charge in [-0.3, -0.25) is 29.8 Å². The van der Waals surface area contributed by atoms with E-state index in [-0.39, 0.29) is 21.9 Å². The number of hydrogen-bond acceptors (Lipinski definition) is 6. The second kappa shape index (κ2) is 6.20. The second-order valence-electron chi connectivity index (χ2n) is 6.76. The van der Waals surface area contributed by atoms with Crippen molar-refractivity contribution in [1.82, 2.24) is 0 Å². The number of carbonyl (C=O) groups excluding carboxylic acids is 2. The molecule has 0 bridgehead atoms. The molecule has 0 saturated carbocycles. The van der Waals surface area contributed by atoms with Gasteiger partial charge in [0.1, 0.15) is 5.39 Å². The average Bonchev–Trinajstić information content (AvgIpc) is 2.67. The highest BCUT2D eigenvalue weighted by molar-refractivity contribution is 6.37. The lowest BCUT2D eigenvalue weighted by molar-refractivity contribution is -0.390. The number of amides is 2. The molecule has 144 valence electrons. The summed E-state index contributed by atoms with van der Waals surface area (Å²) in [5.41, 5.74) is 0.886. The molecule has 0 N–H and O–H groups in total. The van der Waals surface area contributed by atoms with Crippen LogP contribution in [0.5, 0.6) is 0 Å². The molecule has 9 heteroatoms. The Bertz CT molecular complexity index is 1210. The van der Waals surface area contributed by atoms with Crippen molar-refractivity contribution in [3.63, 3.8) is 0 Å². The van der Waals surface area contributed by atoms with Gasteiger partial charge in [0.05, 0.1) is 15.5 Å². The van der Waals surface area contributed by atoms with Gasteiger partial charge >= 0.3 is 0 Å². The van der Waals surface area contributed by atoms with Gasteiger partial charge < -0.3 is 0 Å². The molecule has 29 heavy (non-hydrogen) atoms. The Morgan fingerprint density at radius 1 is 0.759 bits per heavy atom. The zero-order valence-corrected chi connectivity index (χ0v) is 15.3.